The highest BCUT2D eigenvalue weighted by Crippen LogP contribution is 2.17. The van der Waals surface area contributed by atoms with Gasteiger partial charge >= 0.3 is 5.97 Å². The molecule has 86 valence electrons. The third-order valence-corrected chi connectivity index (χ3v) is 2.74. The van der Waals surface area contributed by atoms with Gasteiger partial charge in [-0.2, -0.15) is 0 Å². The Morgan fingerprint density at radius 3 is 2.73 bits per heavy atom. The fraction of sp³-hybridized carbons (Fsp3) is 0.818. The van der Waals surface area contributed by atoms with Crippen LogP contribution < -0.4 is 0 Å². The number of carbonyl (C=O) groups is 2. The molecule has 2 unspecified atom stereocenters. The average Bonchev–Trinajstić information content (AvgIpc) is 2.28. The van der Waals surface area contributed by atoms with Gasteiger partial charge in [-0.3, -0.25) is 9.59 Å². The SMILES string of the molecule is COC(=O)C(C)C(=O)CC1CCCCO1. The van der Waals surface area contributed by atoms with Crippen molar-refractivity contribution in [2.45, 2.75) is 38.7 Å². The van der Waals surface area contributed by atoms with E-state index in [2.05, 4.69) is 4.74 Å². The molecule has 0 aromatic rings. The van der Waals surface area contributed by atoms with Crippen molar-refractivity contribution >= 4 is 11.8 Å². The second kappa shape index (κ2) is 5.85. The molecule has 1 rings (SSSR count). The first-order valence-corrected chi connectivity index (χ1v) is 5.37. The van der Waals surface area contributed by atoms with Gasteiger partial charge in [0.05, 0.1) is 13.2 Å². The number of ether oxygens (including phenoxy) is 2. The van der Waals surface area contributed by atoms with Gasteiger partial charge in [0.25, 0.3) is 0 Å². The van der Waals surface area contributed by atoms with E-state index in [-0.39, 0.29) is 11.9 Å². The molecule has 1 heterocycles. The van der Waals surface area contributed by atoms with Crippen LogP contribution in [0, 0.1) is 5.92 Å². The molecule has 1 aliphatic rings. The number of hydrogen-bond acceptors (Lipinski definition) is 4. The highest BCUT2D eigenvalue weighted by Gasteiger charge is 2.26. The second-order valence-electron chi connectivity index (χ2n) is 3.90. The predicted octanol–water partition coefficient (Wildman–Crippen LogP) is 1.32. The van der Waals surface area contributed by atoms with Gasteiger partial charge in [0.1, 0.15) is 11.7 Å². The Bertz CT molecular complexity index is 231. The number of esters is 1. The summed E-state index contributed by atoms with van der Waals surface area (Å²) in [5.74, 6) is -1.22. The molecule has 2 atom stereocenters. The van der Waals surface area contributed by atoms with E-state index < -0.39 is 11.9 Å². The van der Waals surface area contributed by atoms with Crippen LogP contribution in [0.2, 0.25) is 0 Å². The molecule has 0 aliphatic carbocycles. The quantitative estimate of drug-likeness (QED) is 0.523. The van der Waals surface area contributed by atoms with Gasteiger partial charge in [-0.15, -0.1) is 0 Å². The maximum absolute atomic E-state index is 11.6. The highest BCUT2D eigenvalue weighted by atomic mass is 16.5. The number of rotatable bonds is 4. The smallest absolute Gasteiger partial charge is 0.315 e. The first-order chi connectivity index (χ1) is 7.15. The van der Waals surface area contributed by atoms with Crippen molar-refractivity contribution in [3.05, 3.63) is 0 Å². The Morgan fingerprint density at radius 2 is 2.20 bits per heavy atom. The summed E-state index contributed by atoms with van der Waals surface area (Å²) in [5, 5.41) is 0. The summed E-state index contributed by atoms with van der Waals surface area (Å²) in [7, 11) is 1.29. The van der Waals surface area contributed by atoms with Crippen LogP contribution in [-0.2, 0) is 19.1 Å². The van der Waals surface area contributed by atoms with Crippen LogP contribution in [0.15, 0.2) is 0 Å². The minimum Gasteiger partial charge on any atom is -0.468 e. The monoisotopic (exact) mass is 214 g/mol. The predicted molar refractivity (Wildman–Crippen MR) is 54.4 cm³/mol. The normalized spacial score (nSPS) is 23.2. The van der Waals surface area contributed by atoms with Gasteiger partial charge in [-0.05, 0) is 26.2 Å². The van der Waals surface area contributed by atoms with Crippen molar-refractivity contribution in [3.63, 3.8) is 0 Å². The molecular weight excluding hydrogens is 196 g/mol. The molecular formula is C11H18O4. The third kappa shape index (κ3) is 3.63. The van der Waals surface area contributed by atoms with E-state index in [0.717, 1.165) is 25.9 Å². The van der Waals surface area contributed by atoms with Crippen molar-refractivity contribution in [2.24, 2.45) is 5.92 Å². The minimum absolute atomic E-state index is 0.00152. The first kappa shape index (κ1) is 12.2. The summed E-state index contributed by atoms with van der Waals surface area (Å²) in [6.07, 6.45) is 3.41. The molecule has 1 aliphatic heterocycles. The average molecular weight is 214 g/mol. The van der Waals surface area contributed by atoms with E-state index in [4.69, 9.17) is 4.74 Å². The lowest BCUT2D eigenvalue weighted by atomic mass is 9.97. The fourth-order valence-corrected chi connectivity index (χ4v) is 1.68. The Balaban J connectivity index is 2.36. The third-order valence-electron chi connectivity index (χ3n) is 2.74. The lowest BCUT2D eigenvalue weighted by molar-refractivity contribution is -0.149. The van der Waals surface area contributed by atoms with Crippen molar-refractivity contribution in [1.29, 1.82) is 0 Å². The van der Waals surface area contributed by atoms with Crippen LogP contribution in [0.25, 0.3) is 0 Å². The summed E-state index contributed by atoms with van der Waals surface area (Å²) in [4.78, 5) is 22.7. The molecule has 1 fully saturated rings. The standard InChI is InChI=1S/C11H18O4/c1-8(11(13)14-2)10(12)7-9-5-3-4-6-15-9/h8-9H,3-7H2,1-2H3. The number of ketones is 1. The maximum Gasteiger partial charge on any atom is 0.315 e. The summed E-state index contributed by atoms with van der Waals surface area (Å²) >= 11 is 0. The van der Waals surface area contributed by atoms with Gasteiger partial charge in [-0.25, -0.2) is 0 Å². The second-order valence-corrected chi connectivity index (χ2v) is 3.90. The zero-order chi connectivity index (χ0) is 11.3. The molecule has 0 radical (unpaired) electrons. The highest BCUT2D eigenvalue weighted by molar-refractivity contribution is 5.98. The van der Waals surface area contributed by atoms with Crippen molar-refractivity contribution in [3.8, 4) is 0 Å². The first-order valence-electron chi connectivity index (χ1n) is 5.37. The molecule has 0 bridgehead atoms. The molecule has 0 spiro atoms. The fourth-order valence-electron chi connectivity index (χ4n) is 1.68. The van der Waals surface area contributed by atoms with E-state index >= 15 is 0 Å². The molecule has 0 aromatic heterocycles. The van der Waals surface area contributed by atoms with Crippen LogP contribution >= 0.6 is 0 Å². The molecule has 4 heteroatoms. The van der Waals surface area contributed by atoms with E-state index in [0.29, 0.717) is 6.42 Å². The van der Waals surface area contributed by atoms with Crippen LogP contribution in [-0.4, -0.2) is 31.6 Å². The largest absolute Gasteiger partial charge is 0.468 e. The summed E-state index contributed by atoms with van der Waals surface area (Å²) in [6, 6.07) is 0. The Morgan fingerprint density at radius 1 is 1.47 bits per heavy atom. The van der Waals surface area contributed by atoms with Crippen LogP contribution in [0.3, 0.4) is 0 Å². The van der Waals surface area contributed by atoms with Crippen LogP contribution in [0.4, 0.5) is 0 Å². The van der Waals surface area contributed by atoms with Gasteiger partial charge in [0.15, 0.2) is 0 Å². The molecule has 0 amide bonds. The van der Waals surface area contributed by atoms with Crippen molar-refractivity contribution < 1.29 is 19.1 Å². The number of Topliss-reactive ketones (excluding diaryl/α,β-unsaturated/α-hetero) is 1. The van der Waals surface area contributed by atoms with Crippen LogP contribution in [0.5, 0.6) is 0 Å². The number of methoxy groups -OCH3 is 1. The summed E-state index contributed by atoms with van der Waals surface area (Å²) in [6.45, 7) is 2.31. The van der Waals surface area contributed by atoms with Gasteiger partial charge in [-0.1, -0.05) is 0 Å². The lowest BCUT2D eigenvalue weighted by Crippen LogP contribution is -2.28. The molecule has 15 heavy (non-hydrogen) atoms. The molecule has 0 saturated carbocycles. The number of hydrogen-bond donors (Lipinski definition) is 0. The maximum atomic E-state index is 11.6. The molecule has 0 N–H and O–H groups in total. The summed E-state index contributed by atoms with van der Waals surface area (Å²) < 4.78 is 9.96. The van der Waals surface area contributed by atoms with Crippen molar-refractivity contribution in [2.75, 3.05) is 13.7 Å². The van der Waals surface area contributed by atoms with E-state index in [1.165, 1.54) is 7.11 Å². The van der Waals surface area contributed by atoms with Gasteiger partial charge < -0.3 is 9.47 Å². The molecule has 4 nitrogen and oxygen atoms in total. The number of carbonyl (C=O) groups excluding carboxylic acids is 2. The minimum atomic E-state index is -0.666. The topological polar surface area (TPSA) is 52.6 Å². The Labute approximate surface area is 89.9 Å². The lowest BCUT2D eigenvalue weighted by Gasteiger charge is -2.22. The zero-order valence-electron chi connectivity index (χ0n) is 9.32. The van der Waals surface area contributed by atoms with E-state index in [1.54, 1.807) is 6.92 Å². The molecule has 0 aromatic carbocycles. The van der Waals surface area contributed by atoms with Gasteiger partial charge in [0.2, 0.25) is 0 Å². The van der Waals surface area contributed by atoms with E-state index in [1.807, 2.05) is 0 Å². The molecule has 1 saturated heterocycles. The van der Waals surface area contributed by atoms with E-state index in [9.17, 15) is 9.59 Å². The van der Waals surface area contributed by atoms with Gasteiger partial charge in [0, 0.05) is 13.0 Å². The Kier molecular flexibility index (Phi) is 4.75. The van der Waals surface area contributed by atoms with Crippen molar-refractivity contribution in [1.82, 2.24) is 0 Å². The summed E-state index contributed by atoms with van der Waals surface area (Å²) in [5.41, 5.74) is 0. The van der Waals surface area contributed by atoms with Crippen LogP contribution in [0.1, 0.15) is 32.6 Å². The Hall–Kier alpha value is -0.900. The zero-order valence-corrected chi connectivity index (χ0v) is 9.32.